The number of hydrogen-bond donors (Lipinski definition) is 2. The molecule has 0 radical (unpaired) electrons. The Balaban J connectivity index is 2.19. The Morgan fingerprint density at radius 3 is 2.16 bits per heavy atom. The molecule has 0 spiro atoms. The van der Waals surface area contributed by atoms with Crippen LogP contribution < -0.4 is 4.74 Å². The molecule has 1 aromatic heterocycles. The lowest BCUT2D eigenvalue weighted by atomic mass is 9.83. The van der Waals surface area contributed by atoms with Crippen LogP contribution in [0.4, 0.5) is 26.3 Å². The summed E-state index contributed by atoms with van der Waals surface area (Å²) in [5.74, 6) is 0.389. The van der Waals surface area contributed by atoms with Gasteiger partial charge in [-0.1, -0.05) is 30.3 Å². The van der Waals surface area contributed by atoms with Crippen LogP contribution in [0, 0.1) is 6.92 Å². The summed E-state index contributed by atoms with van der Waals surface area (Å²) in [7, 11) is 1.41. The number of hydrogen-bond acceptors (Lipinski definition) is 4. The Morgan fingerprint density at radius 2 is 1.59 bits per heavy atom. The molecule has 0 aliphatic carbocycles. The van der Waals surface area contributed by atoms with Crippen molar-refractivity contribution in [1.29, 1.82) is 0 Å². The minimum absolute atomic E-state index is 0.0980. The van der Waals surface area contributed by atoms with E-state index >= 15 is 0 Å². The van der Waals surface area contributed by atoms with Gasteiger partial charge < -0.3 is 14.9 Å². The largest absolute Gasteiger partial charge is 0.496 e. The van der Waals surface area contributed by atoms with Crippen LogP contribution in [0.25, 0.3) is 21.6 Å². The van der Waals surface area contributed by atoms with Crippen molar-refractivity contribution in [2.45, 2.75) is 31.5 Å². The first-order chi connectivity index (χ1) is 14.8. The molecule has 0 atom stereocenters. The predicted octanol–water partition coefficient (Wildman–Crippen LogP) is 6.20. The molecule has 0 aliphatic rings. The van der Waals surface area contributed by atoms with Gasteiger partial charge in [0.05, 0.1) is 13.7 Å². The normalized spacial score (nSPS) is 12.8. The maximum atomic E-state index is 13.6. The fourth-order valence-electron chi connectivity index (χ4n) is 3.49. The summed E-state index contributed by atoms with van der Waals surface area (Å²) < 4.78 is 86.7. The van der Waals surface area contributed by atoms with Crippen LogP contribution in [0.5, 0.6) is 5.75 Å². The monoisotopic (exact) mass is 476 g/mol. The van der Waals surface area contributed by atoms with Crippen LogP contribution in [-0.2, 0) is 12.2 Å². The number of aliphatic hydroxyl groups is 2. The maximum absolute atomic E-state index is 13.6. The number of methoxy groups -OCH3 is 1. The van der Waals surface area contributed by atoms with Crippen LogP contribution >= 0.6 is 11.3 Å². The number of halogens is 6. The van der Waals surface area contributed by atoms with Crippen molar-refractivity contribution in [3.63, 3.8) is 0 Å². The van der Waals surface area contributed by atoms with Crippen molar-refractivity contribution in [3.05, 3.63) is 64.5 Å². The zero-order valence-corrected chi connectivity index (χ0v) is 17.6. The fourth-order valence-corrected chi connectivity index (χ4v) is 4.40. The highest BCUT2D eigenvalue weighted by Gasteiger charge is 2.72. The van der Waals surface area contributed by atoms with E-state index in [2.05, 4.69) is 0 Å². The Hall–Kier alpha value is -2.56. The van der Waals surface area contributed by atoms with E-state index in [1.165, 1.54) is 24.6 Å². The van der Waals surface area contributed by atoms with Crippen molar-refractivity contribution < 1.29 is 41.3 Å². The van der Waals surface area contributed by atoms with Crippen molar-refractivity contribution in [1.82, 2.24) is 0 Å². The quantitative estimate of drug-likeness (QED) is 0.431. The average molecular weight is 476 g/mol. The second-order valence-electron chi connectivity index (χ2n) is 7.09. The van der Waals surface area contributed by atoms with Gasteiger partial charge in [0.2, 0.25) is 0 Å². The number of alkyl halides is 6. The SMILES string of the molecule is COc1cc(-c2cc(-c3cccc(C)c3C(O)(C(F)(F)F)C(F)(F)F)cs2)ccc1CO. The number of ether oxygens (including phenoxy) is 1. The number of aryl methyl sites for hydroxylation is 1. The van der Waals surface area contributed by atoms with Gasteiger partial charge in [0.1, 0.15) is 5.75 Å². The standard InChI is InChI=1S/C22H18F6O3S/c1-12-4-3-5-16(19(12)20(30,21(23,24)25)22(26,27)28)15-9-18(32-11-15)13-6-7-14(10-29)17(8-13)31-2/h3-9,11,29-30H,10H2,1-2H3. The third-order valence-corrected chi connectivity index (χ3v) is 6.09. The first kappa shape index (κ1) is 24.1. The third kappa shape index (κ3) is 3.98. The second-order valence-corrected chi connectivity index (χ2v) is 8.00. The van der Waals surface area contributed by atoms with Gasteiger partial charge in [-0.25, -0.2) is 0 Å². The molecule has 0 bridgehead atoms. The summed E-state index contributed by atoms with van der Waals surface area (Å²) in [5.41, 5.74) is -5.78. The lowest BCUT2D eigenvalue weighted by Crippen LogP contribution is -2.54. The molecule has 32 heavy (non-hydrogen) atoms. The summed E-state index contributed by atoms with van der Waals surface area (Å²) in [5, 5.41) is 20.8. The summed E-state index contributed by atoms with van der Waals surface area (Å²) in [4.78, 5) is 0.554. The molecule has 3 nitrogen and oxygen atoms in total. The van der Waals surface area contributed by atoms with Crippen molar-refractivity contribution >= 4 is 11.3 Å². The van der Waals surface area contributed by atoms with Crippen LogP contribution in [0.2, 0.25) is 0 Å². The molecule has 0 saturated heterocycles. The molecule has 1 heterocycles. The average Bonchev–Trinajstić information content (AvgIpc) is 3.21. The van der Waals surface area contributed by atoms with Gasteiger partial charge in [0.15, 0.2) is 0 Å². The van der Waals surface area contributed by atoms with E-state index in [9.17, 15) is 36.6 Å². The second kappa shape index (κ2) is 8.42. The van der Waals surface area contributed by atoms with E-state index in [4.69, 9.17) is 4.74 Å². The smallest absolute Gasteiger partial charge is 0.430 e. The summed E-state index contributed by atoms with van der Waals surface area (Å²) in [6, 6.07) is 9.86. The molecule has 172 valence electrons. The molecular weight excluding hydrogens is 458 g/mol. The fraction of sp³-hybridized carbons (Fsp3) is 0.273. The number of benzene rings is 2. The summed E-state index contributed by atoms with van der Waals surface area (Å²) in [6.45, 7) is 0.826. The highest BCUT2D eigenvalue weighted by Crippen LogP contribution is 2.53. The van der Waals surface area contributed by atoms with E-state index < -0.39 is 23.5 Å². The van der Waals surface area contributed by atoms with Crippen molar-refractivity contribution in [2.75, 3.05) is 7.11 Å². The Labute approximate surface area is 183 Å². The lowest BCUT2D eigenvalue weighted by molar-refractivity contribution is -0.376. The molecule has 2 aromatic carbocycles. The van der Waals surface area contributed by atoms with Gasteiger partial charge in [0, 0.05) is 16.0 Å². The molecule has 2 N–H and O–H groups in total. The van der Waals surface area contributed by atoms with Gasteiger partial charge >= 0.3 is 12.4 Å². The highest BCUT2D eigenvalue weighted by atomic mass is 32.1. The molecule has 0 fully saturated rings. The van der Waals surface area contributed by atoms with Gasteiger partial charge in [-0.2, -0.15) is 26.3 Å². The minimum Gasteiger partial charge on any atom is -0.496 e. The lowest BCUT2D eigenvalue weighted by Gasteiger charge is -2.35. The first-order valence-corrected chi connectivity index (χ1v) is 10.1. The highest BCUT2D eigenvalue weighted by molar-refractivity contribution is 7.14. The summed E-state index contributed by atoms with van der Waals surface area (Å²) in [6.07, 6.45) is -12.0. The van der Waals surface area contributed by atoms with Crippen molar-refractivity contribution in [2.24, 2.45) is 0 Å². The van der Waals surface area contributed by atoms with Crippen LogP contribution in [0.1, 0.15) is 16.7 Å². The van der Waals surface area contributed by atoms with Gasteiger partial charge in [-0.3, -0.25) is 0 Å². The van der Waals surface area contributed by atoms with E-state index in [0.29, 0.717) is 21.8 Å². The third-order valence-electron chi connectivity index (χ3n) is 5.11. The van der Waals surface area contributed by atoms with Gasteiger partial charge in [-0.05, 0) is 46.7 Å². The Bertz CT molecular complexity index is 1100. The van der Waals surface area contributed by atoms with E-state index in [-0.39, 0.29) is 23.3 Å². The molecule has 0 unspecified atom stereocenters. The Morgan fingerprint density at radius 1 is 0.938 bits per heavy atom. The molecule has 0 amide bonds. The van der Waals surface area contributed by atoms with Crippen LogP contribution in [-0.4, -0.2) is 29.7 Å². The molecule has 10 heteroatoms. The minimum atomic E-state index is -5.99. The molecule has 0 aliphatic heterocycles. The van der Waals surface area contributed by atoms with Crippen molar-refractivity contribution in [3.8, 4) is 27.3 Å². The number of thiophene rings is 1. The van der Waals surface area contributed by atoms with Crippen LogP contribution in [0.15, 0.2) is 47.8 Å². The molecule has 0 saturated carbocycles. The summed E-state index contributed by atoms with van der Waals surface area (Å²) >= 11 is 1.11. The van der Waals surface area contributed by atoms with Crippen LogP contribution in [0.3, 0.4) is 0 Å². The number of rotatable bonds is 5. The van der Waals surface area contributed by atoms with E-state index in [1.54, 1.807) is 18.2 Å². The number of aliphatic hydroxyl groups excluding tert-OH is 1. The maximum Gasteiger partial charge on any atom is 0.430 e. The zero-order chi connectivity index (χ0) is 23.9. The first-order valence-electron chi connectivity index (χ1n) is 9.18. The predicted molar refractivity (Wildman–Crippen MR) is 108 cm³/mol. The van der Waals surface area contributed by atoms with Gasteiger partial charge in [0.25, 0.3) is 5.60 Å². The van der Waals surface area contributed by atoms with Gasteiger partial charge in [-0.15, -0.1) is 11.3 Å². The molecular formula is C22H18F6O3S. The zero-order valence-electron chi connectivity index (χ0n) is 16.8. The van der Waals surface area contributed by atoms with E-state index in [1.807, 2.05) is 0 Å². The topological polar surface area (TPSA) is 49.7 Å². The Kier molecular flexibility index (Phi) is 6.34. The molecule has 3 rings (SSSR count). The molecule has 3 aromatic rings. The van der Waals surface area contributed by atoms with E-state index in [0.717, 1.165) is 30.4 Å².